The highest BCUT2D eigenvalue weighted by Gasteiger charge is 2.17. The number of fused-ring (bicyclic) bond motifs is 2. The van der Waals surface area contributed by atoms with Crippen LogP contribution in [0.3, 0.4) is 0 Å². The molecule has 0 aliphatic carbocycles. The average molecular weight is 422 g/mol. The molecule has 1 amide bonds. The number of benzene rings is 2. The second-order valence-electron chi connectivity index (χ2n) is 6.83. The van der Waals surface area contributed by atoms with Crippen molar-refractivity contribution < 1.29 is 18.7 Å². The van der Waals surface area contributed by atoms with Crippen LogP contribution in [0, 0.1) is 5.82 Å². The van der Waals surface area contributed by atoms with Crippen LogP contribution in [-0.2, 0) is 13.1 Å². The number of carbonyl (C=O) groups excluding carboxylic acids is 1. The number of amides is 1. The molecule has 2 N–H and O–H groups in total. The van der Waals surface area contributed by atoms with E-state index in [0.717, 1.165) is 11.1 Å². The molecule has 11 heteroatoms. The van der Waals surface area contributed by atoms with Crippen LogP contribution in [-0.4, -0.2) is 37.7 Å². The first-order valence-corrected chi connectivity index (χ1v) is 9.31. The summed E-state index contributed by atoms with van der Waals surface area (Å²) in [4.78, 5) is 31.6. The van der Waals surface area contributed by atoms with Gasteiger partial charge in [0.2, 0.25) is 12.6 Å². The zero-order valence-electron chi connectivity index (χ0n) is 16.0. The van der Waals surface area contributed by atoms with Gasteiger partial charge in [0, 0.05) is 6.54 Å². The molecule has 156 valence electrons. The third-order valence-electron chi connectivity index (χ3n) is 4.72. The molecule has 0 unspecified atom stereocenters. The van der Waals surface area contributed by atoms with E-state index in [2.05, 4.69) is 25.6 Å². The van der Waals surface area contributed by atoms with Crippen LogP contribution in [0.1, 0.15) is 21.7 Å². The lowest BCUT2D eigenvalue weighted by molar-refractivity contribution is 0.0940. The van der Waals surface area contributed by atoms with Gasteiger partial charge in [-0.3, -0.25) is 9.59 Å². The lowest BCUT2D eigenvalue weighted by atomic mass is 10.2. The molecule has 0 radical (unpaired) electrons. The fraction of sp³-hybridized carbons (Fsp3) is 0.150. The van der Waals surface area contributed by atoms with Crippen molar-refractivity contribution in [3.05, 3.63) is 75.6 Å². The lowest BCUT2D eigenvalue weighted by Gasteiger charge is -2.06. The first-order valence-electron chi connectivity index (χ1n) is 9.31. The Morgan fingerprint density at radius 2 is 1.90 bits per heavy atom. The molecule has 2 aromatic heterocycles. The predicted molar refractivity (Wildman–Crippen MR) is 105 cm³/mol. The standard InChI is InChI=1S/C20H15FN6O4/c21-13-4-1-11(2-5-13)9-27-18-16(25-26-27)19(28)24-17(23-18)20(29)22-8-12-3-6-14-15(7-12)31-10-30-14/h1-7H,8-10H2,(H,22,29)(H,23,24,28). The Labute approximate surface area is 173 Å². The van der Waals surface area contributed by atoms with Gasteiger partial charge in [0.05, 0.1) is 6.54 Å². The fourth-order valence-electron chi connectivity index (χ4n) is 3.16. The van der Waals surface area contributed by atoms with E-state index in [4.69, 9.17) is 9.47 Å². The number of hydrogen-bond acceptors (Lipinski definition) is 7. The number of rotatable bonds is 5. The first-order chi connectivity index (χ1) is 15.1. The van der Waals surface area contributed by atoms with Crippen LogP contribution >= 0.6 is 0 Å². The van der Waals surface area contributed by atoms with Crippen molar-refractivity contribution in [2.75, 3.05) is 6.79 Å². The molecule has 2 aromatic carbocycles. The van der Waals surface area contributed by atoms with Gasteiger partial charge in [0.15, 0.2) is 22.7 Å². The molecule has 0 atom stereocenters. The van der Waals surface area contributed by atoms with E-state index in [1.807, 2.05) is 0 Å². The van der Waals surface area contributed by atoms with Crippen LogP contribution in [0.15, 0.2) is 47.3 Å². The maximum Gasteiger partial charge on any atom is 0.287 e. The minimum Gasteiger partial charge on any atom is -0.454 e. The van der Waals surface area contributed by atoms with Gasteiger partial charge in [-0.1, -0.05) is 23.4 Å². The highest BCUT2D eigenvalue weighted by Crippen LogP contribution is 2.32. The van der Waals surface area contributed by atoms with Crippen molar-refractivity contribution in [3.8, 4) is 11.5 Å². The van der Waals surface area contributed by atoms with Gasteiger partial charge in [0.1, 0.15) is 5.82 Å². The van der Waals surface area contributed by atoms with Gasteiger partial charge in [-0.05, 0) is 35.4 Å². The number of ether oxygens (including phenoxy) is 2. The summed E-state index contributed by atoms with van der Waals surface area (Å²) in [6.07, 6.45) is 0. The van der Waals surface area contributed by atoms with Gasteiger partial charge >= 0.3 is 0 Å². The third kappa shape index (κ3) is 3.68. The number of halogens is 1. The number of hydrogen-bond donors (Lipinski definition) is 2. The molecule has 10 nitrogen and oxygen atoms in total. The first kappa shape index (κ1) is 18.7. The Balaban J connectivity index is 1.37. The Morgan fingerprint density at radius 1 is 1.13 bits per heavy atom. The van der Waals surface area contributed by atoms with E-state index >= 15 is 0 Å². The average Bonchev–Trinajstić information content (AvgIpc) is 3.40. The summed E-state index contributed by atoms with van der Waals surface area (Å²) >= 11 is 0. The van der Waals surface area contributed by atoms with Crippen molar-refractivity contribution in [2.45, 2.75) is 13.1 Å². The third-order valence-corrected chi connectivity index (χ3v) is 4.72. The number of aromatic amines is 1. The number of carbonyl (C=O) groups is 1. The van der Waals surface area contributed by atoms with Crippen molar-refractivity contribution >= 4 is 17.1 Å². The van der Waals surface area contributed by atoms with Gasteiger partial charge < -0.3 is 19.8 Å². The summed E-state index contributed by atoms with van der Waals surface area (Å²) in [6.45, 7) is 0.575. The molecule has 1 aliphatic rings. The normalized spacial score (nSPS) is 12.3. The van der Waals surface area contributed by atoms with Gasteiger partial charge in [-0.25, -0.2) is 14.1 Å². The van der Waals surface area contributed by atoms with E-state index in [1.165, 1.54) is 16.8 Å². The molecule has 3 heterocycles. The second kappa shape index (κ2) is 7.52. The molecule has 0 saturated carbocycles. The molecule has 0 fully saturated rings. The summed E-state index contributed by atoms with van der Waals surface area (Å²) in [6, 6.07) is 11.2. The van der Waals surface area contributed by atoms with Crippen molar-refractivity contribution in [1.29, 1.82) is 0 Å². The quantitative estimate of drug-likeness (QED) is 0.498. The van der Waals surface area contributed by atoms with Crippen molar-refractivity contribution in [3.63, 3.8) is 0 Å². The SMILES string of the molecule is O=C(NCc1ccc2c(c1)OCO2)c1nc2c(nnn2Cc2ccc(F)cc2)c(=O)[nH]1. The molecule has 0 saturated heterocycles. The molecule has 5 rings (SSSR count). The maximum absolute atomic E-state index is 13.1. The number of nitrogens with zero attached hydrogens (tertiary/aromatic N) is 4. The topological polar surface area (TPSA) is 124 Å². The molecule has 1 aliphatic heterocycles. The smallest absolute Gasteiger partial charge is 0.287 e. The summed E-state index contributed by atoms with van der Waals surface area (Å²) in [5, 5.41) is 10.5. The molecule has 4 aromatic rings. The van der Waals surface area contributed by atoms with Crippen LogP contribution in [0.2, 0.25) is 0 Å². The van der Waals surface area contributed by atoms with E-state index in [0.29, 0.717) is 11.5 Å². The van der Waals surface area contributed by atoms with Crippen LogP contribution < -0.4 is 20.3 Å². The minimum atomic E-state index is -0.580. The summed E-state index contributed by atoms with van der Waals surface area (Å²) < 4.78 is 25.1. The number of aromatic nitrogens is 5. The van der Waals surface area contributed by atoms with Gasteiger partial charge in [0.25, 0.3) is 11.5 Å². The molecule has 0 bridgehead atoms. The highest BCUT2D eigenvalue weighted by atomic mass is 19.1. The van der Waals surface area contributed by atoms with E-state index in [1.54, 1.807) is 30.3 Å². The van der Waals surface area contributed by atoms with E-state index in [9.17, 15) is 14.0 Å². The zero-order chi connectivity index (χ0) is 21.4. The minimum absolute atomic E-state index is 0.00873. The Hall–Kier alpha value is -4.28. The Bertz CT molecular complexity index is 1350. The van der Waals surface area contributed by atoms with Crippen molar-refractivity contribution in [2.24, 2.45) is 0 Å². The Kier molecular flexibility index (Phi) is 4.54. The van der Waals surface area contributed by atoms with Gasteiger partial charge in [-0.15, -0.1) is 5.10 Å². The summed E-state index contributed by atoms with van der Waals surface area (Å²) in [7, 11) is 0. The van der Waals surface area contributed by atoms with Gasteiger partial charge in [-0.2, -0.15) is 0 Å². The molecular formula is C20H15FN6O4. The summed E-state index contributed by atoms with van der Waals surface area (Å²) in [5.74, 6) is 0.166. The monoisotopic (exact) mass is 422 g/mol. The lowest BCUT2D eigenvalue weighted by Crippen LogP contribution is -2.27. The van der Waals surface area contributed by atoms with E-state index in [-0.39, 0.29) is 42.7 Å². The largest absolute Gasteiger partial charge is 0.454 e. The fourth-order valence-corrected chi connectivity index (χ4v) is 3.16. The highest BCUT2D eigenvalue weighted by molar-refractivity contribution is 5.91. The van der Waals surface area contributed by atoms with E-state index < -0.39 is 11.5 Å². The number of nitrogens with one attached hydrogen (secondary N) is 2. The predicted octanol–water partition coefficient (Wildman–Crippen LogP) is 1.36. The summed E-state index contributed by atoms with van der Waals surface area (Å²) in [5.41, 5.74) is 1.12. The van der Waals surface area contributed by atoms with Crippen LogP contribution in [0.5, 0.6) is 11.5 Å². The van der Waals surface area contributed by atoms with Crippen LogP contribution in [0.4, 0.5) is 4.39 Å². The molecule has 31 heavy (non-hydrogen) atoms. The number of H-pyrrole nitrogens is 1. The maximum atomic E-state index is 13.1. The second-order valence-corrected chi connectivity index (χ2v) is 6.83. The Morgan fingerprint density at radius 3 is 2.74 bits per heavy atom. The van der Waals surface area contributed by atoms with Crippen molar-refractivity contribution in [1.82, 2.24) is 30.3 Å². The van der Waals surface area contributed by atoms with Crippen LogP contribution in [0.25, 0.3) is 11.2 Å². The molecular weight excluding hydrogens is 407 g/mol. The zero-order valence-corrected chi connectivity index (χ0v) is 16.0. The molecule has 0 spiro atoms.